The highest BCUT2D eigenvalue weighted by molar-refractivity contribution is 7.17. The number of likely N-dealkylation sites (tertiary alicyclic amines) is 1. The first-order valence-electron chi connectivity index (χ1n) is 12.6. The van der Waals surface area contributed by atoms with Crippen molar-refractivity contribution in [2.75, 3.05) is 6.54 Å². The number of nitrogens with zero attached hydrogens (tertiary/aromatic N) is 3. The summed E-state index contributed by atoms with van der Waals surface area (Å²) in [6, 6.07) is 3.19. The summed E-state index contributed by atoms with van der Waals surface area (Å²) in [6.07, 6.45) is -4.86. The molecule has 0 spiro atoms. The average molecular weight is 596 g/mol. The molecule has 3 heterocycles. The van der Waals surface area contributed by atoms with Gasteiger partial charge in [0.05, 0.1) is 5.69 Å². The van der Waals surface area contributed by atoms with Crippen molar-refractivity contribution in [3.63, 3.8) is 0 Å². The molecule has 214 valence electrons. The molecule has 4 rings (SSSR count). The zero-order chi connectivity index (χ0) is 29.2. The SMILES string of the molecule is Cc1nnsc1C(=O)N[C@H](C(=O)N1CCC[C@H]1C(=O)N[C@@H](Cc1csc2ccccc12)C(=O)C(F)(F)F)C(C)C. The summed E-state index contributed by atoms with van der Waals surface area (Å²) in [7, 11) is 0. The van der Waals surface area contributed by atoms with E-state index >= 15 is 0 Å². The Bertz CT molecular complexity index is 1420. The second-order valence-electron chi connectivity index (χ2n) is 9.96. The first-order valence-corrected chi connectivity index (χ1v) is 14.3. The summed E-state index contributed by atoms with van der Waals surface area (Å²) in [6.45, 7) is 5.26. The Hall–Kier alpha value is -3.39. The molecular weight excluding hydrogens is 567 g/mol. The number of halogens is 3. The highest BCUT2D eigenvalue weighted by Gasteiger charge is 2.46. The van der Waals surface area contributed by atoms with Gasteiger partial charge in [0.2, 0.25) is 11.8 Å². The fraction of sp³-hybridized carbons (Fsp3) is 0.462. The van der Waals surface area contributed by atoms with Gasteiger partial charge in [0, 0.05) is 17.7 Å². The number of hydrogen-bond donors (Lipinski definition) is 2. The maximum Gasteiger partial charge on any atom is 0.452 e. The van der Waals surface area contributed by atoms with Crippen molar-refractivity contribution in [2.45, 2.75) is 64.3 Å². The Morgan fingerprint density at radius 3 is 2.52 bits per heavy atom. The molecule has 40 heavy (non-hydrogen) atoms. The van der Waals surface area contributed by atoms with Crippen molar-refractivity contribution in [3.05, 3.63) is 45.8 Å². The second kappa shape index (κ2) is 12.0. The molecule has 1 aromatic carbocycles. The summed E-state index contributed by atoms with van der Waals surface area (Å²) in [5.74, 6) is -4.32. The van der Waals surface area contributed by atoms with E-state index in [4.69, 9.17) is 0 Å². The molecule has 0 bridgehead atoms. The molecular formula is C26H28F3N5O4S2. The van der Waals surface area contributed by atoms with Gasteiger partial charge in [-0.15, -0.1) is 16.4 Å². The molecule has 1 aliphatic rings. The summed E-state index contributed by atoms with van der Waals surface area (Å²) >= 11 is 2.22. The van der Waals surface area contributed by atoms with Crippen LogP contribution in [0.4, 0.5) is 13.2 Å². The van der Waals surface area contributed by atoms with Gasteiger partial charge >= 0.3 is 6.18 Å². The first-order chi connectivity index (χ1) is 18.9. The predicted octanol–water partition coefficient (Wildman–Crippen LogP) is 3.67. The first kappa shape index (κ1) is 29.6. The van der Waals surface area contributed by atoms with E-state index in [-0.39, 0.29) is 30.2 Å². The van der Waals surface area contributed by atoms with Crippen LogP contribution in [0.3, 0.4) is 0 Å². The summed E-state index contributed by atoms with van der Waals surface area (Å²) in [4.78, 5) is 53.5. The topological polar surface area (TPSA) is 121 Å². The van der Waals surface area contributed by atoms with Gasteiger partial charge in [-0.2, -0.15) is 13.2 Å². The normalized spacial score (nSPS) is 17.2. The number of rotatable bonds is 9. The summed E-state index contributed by atoms with van der Waals surface area (Å²) in [5.41, 5.74) is 0.924. The number of carbonyl (C=O) groups is 4. The van der Waals surface area contributed by atoms with Crippen LogP contribution in [0.1, 0.15) is 47.6 Å². The van der Waals surface area contributed by atoms with Crippen LogP contribution >= 0.6 is 22.9 Å². The lowest BCUT2D eigenvalue weighted by Crippen LogP contribution is -2.57. The molecule has 0 saturated carbocycles. The standard InChI is InChI=1S/C26H28F3N5O4S2/c1-13(2)20(31-24(37)21-14(3)32-33-40-21)25(38)34-10-6-8-18(34)23(36)30-17(22(35)26(27,28)29)11-15-12-39-19-9-5-4-7-16(15)19/h4-5,7,9,12-13,17-18,20H,6,8,10-11H2,1-3H3,(H,30,36)(H,31,37)/t17-,18-,20-/m0/s1. The third kappa shape index (κ3) is 6.33. The maximum atomic E-state index is 13.5. The quantitative estimate of drug-likeness (QED) is 0.390. The van der Waals surface area contributed by atoms with E-state index in [9.17, 15) is 32.3 Å². The zero-order valence-electron chi connectivity index (χ0n) is 21.9. The zero-order valence-corrected chi connectivity index (χ0v) is 23.6. The summed E-state index contributed by atoms with van der Waals surface area (Å²) < 4.78 is 45.2. The van der Waals surface area contributed by atoms with Crippen LogP contribution in [0.15, 0.2) is 29.6 Å². The van der Waals surface area contributed by atoms with Gasteiger partial charge in [0.1, 0.15) is 23.0 Å². The van der Waals surface area contributed by atoms with Crippen molar-refractivity contribution >= 4 is 56.5 Å². The fourth-order valence-electron chi connectivity index (χ4n) is 4.73. The molecule has 3 atom stereocenters. The summed E-state index contributed by atoms with van der Waals surface area (Å²) in [5, 5.41) is 11.2. The molecule has 0 aliphatic carbocycles. The van der Waals surface area contributed by atoms with Gasteiger partial charge < -0.3 is 15.5 Å². The Morgan fingerprint density at radius 2 is 1.88 bits per heavy atom. The Morgan fingerprint density at radius 1 is 1.15 bits per heavy atom. The monoisotopic (exact) mass is 595 g/mol. The van der Waals surface area contributed by atoms with Crippen LogP contribution in [0, 0.1) is 12.8 Å². The van der Waals surface area contributed by atoms with Crippen LogP contribution in [0.25, 0.3) is 10.1 Å². The van der Waals surface area contributed by atoms with Gasteiger partial charge in [0.25, 0.3) is 11.7 Å². The second-order valence-corrected chi connectivity index (χ2v) is 11.6. The molecule has 2 aromatic heterocycles. The number of amides is 3. The van der Waals surface area contributed by atoms with Gasteiger partial charge in [-0.05, 0) is 59.6 Å². The number of aromatic nitrogens is 2. The molecule has 1 fully saturated rings. The van der Waals surface area contributed by atoms with Gasteiger partial charge in [-0.1, -0.05) is 36.5 Å². The number of aryl methyl sites for hydroxylation is 1. The third-order valence-corrected chi connectivity index (χ3v) is 8.65. The van der Waals surface area contributed by atoms with Crippen molar-refractivity contribution in [3.8, 4) is 0 Å². The van der Waals surface area contributed by atoms with Crippen LogP contribution < -0.4 is 10.6 Å². The fourth-order valence-corrected chi connectivity index (χ4v) is 6.26. The van der Waals surface area contributed by atoms with Gasteiger partial charge in [-0.3, -0.25) is 19.2 Å². The smallest absolute Gasteiger partial charge is 0.344 e. The van der Waals surface area contributed by atoms with E-state index in [2.05, 4.69) is 20.2 Å². The van der Waals surface area contributed by atoms with Gasteiger partial charge in [0.15, 0.2) is 0 Å². The predicted molar refractivity (Wildman–Crippen MR) is 144 cm³/mol. The highest BCUT2D eigenvalue weighted by atomic mass is 32.1. The number of benzene rings is 1. The minimum absolute atomic E-state index is 0.185. The van der Waals surface area contributed by atoms with Crippen molar-refractivity contribution in [1.82, 2.24) is 25.1 Å². The molecule has 9 nitrogen and oxygen atoms in total. The number of hydrogen-bond acceptors (Lipinski definition) is 8. The number of carbonyl (C=O) groups excluding carboxylic acids is 4. The Balaban J connectivity index is 1.52. The van der Waals surface area contributed by atoms with Crippen LogP contribution in [-0.4, -0.2) is 68.8 Å². The Labute approximate surface area is 236 Å². The number of alkyl halides is 3. The van der Waals surface area contributed by atoms with Crippen molar-refractivity contribution in [2.24, 2.45) is 5.92 Å². The van der Waals surface area contributed by atoms with Crippen LogP contribution in [-0.2, 0) is 20.8 Å². The minimum atomic E-state index is -5.16. The lowest BCUT2D eigenvalue weighted by atomic mass is 10.00. The molecule has 1 aliphatic heterocycles. The number of ketones is 1. The van der Waals surface area contributed by atoms with Crippen molar-refractivity contribution in [1.29, 1.82) is 0 Å². The third-order valence-electron chi connectivity index (χ3n) is 6.81. The highest BCUT2D eigenvalue weighted by Crippen LogP contribution is 2.29. The van der Waals surface area contributed by atoms with Crippen LogP contribution in [0.2, 0.25) is 0 Å². The Kier molecular flexibility index (Phi) is 8.88. The number of nitrogens with one attached hydrogen (secondary N) is 2. The molecule has 3 aromatic rings. The minimum Gasteiger partial charge on any atom is -0.344 e. The molecule has 1 saturated heterocycles. The maximum absolute atomic E-state index is 13.5. The number of Topliss-reactive ketones (excluding diaryl/α,β-unsaturated/α-hetero) is 1. The largest absolute Gasteiger partial charge is 0.452 e. The average Bonchev–Trinajstić information content (AvgIpc) is 3.65. The molecule has 0 unspecified atom stereocenters. The van der Waals surface area contributed by atoms with Gasteiger partial charge in [-0.25, -0.2) is 0 Å². The van der Waals surface area contributed by atoms with Crippen molar-refractivity contribution < 1.29 is 32.3 Å². The molecule has 2 N–H and O–H groups in total. The number of thiophene rings is 1. The lowest BCUT2D eigenvalue weighted by molar-refractivity contribution is -0.173. The molecule has 3 amide bonds. The van der Waals surface area contributed by atoms with E-state index < -0.39 is 47.8 Å². The molecule has 0 radical (unpaired) electrons. The lowest BCUT2D eigenvalue weighted by Gasteiger charge is -2.31. The van der Waals surface area contributed by atoms with E-state index in [1.54, 1.807) is 44.4 Å². The van der Waals surface area contributed by atoms with E-state index in [1.807, 2.05) is 6.07 Å². The van der Waals surface area contributed by atoms with Crippen LogP contribution in [0.5, 0.6) is 0 Å². The van der Waals surface area contributed by atoms with E-state index in [0.29, 0.717) is 23.1 Å². The van der Waals surface area contributed by atoms with E-state index in [0.717, 1.165) is 16.2 Å². The molecule has 14 heteroatoms. The van der Waals surface area contributed by atoms with E-state index in [1.165, 1.54) is 16.2 Å². The number of fused-ring (bicyclic) bond motifs is 1.